The molecule has 0 fully saturated rings. The summed E-state index contributed by atoms with van der Waals surface area (Å²) in [7, 11) is -1.53. The van der Waals surface area contributed by atoms with Crippen LogP contribution in [-0.2, 0) is 10.8 Å². The molecule has 18 heavy (non-hydrogen) atoms. The monoisotopic (exact) mass is 269 g/mol. The minimum atomic E-state index is -1.53. The zero-order valence-corrected chi connectivity index (χ0v) is 10.0. The molecule has 1 atom stereocenters. The molecule has 1 heterocycles. The van der Waals surface area contributed by atoms with Crippen LogP contribution in [0.25, 0.3) is 11.3 Å². The second-order valence-corrected chi connectivity index (χ2v) is 4.68. The summed E-state index contributed by atoms with van der Waals surface area (Å²) in [6, 6.07) is 5.08. The number of hydrogen-bond donors (Lipinski definition) is 1. The molecule has 0 aliphatic heterocycles. The lowest BCUT2D eigenvalue weighted by Crippen LogP contribution is -1.99. The van der Waals surface area contributed by atoms with Crippen molar-refractivity contribution >= 4 is 16.8 Å². The molecule has 0 saturated heterocycles. The van der Waals surface area contributed by atoms with E-state index < -0.39 is 22.6 Å². The van der Waals surface area contributed by atoms with E-state index in [0.29, 0.717) is 5.56 Å². The normalized spacial score (nSPS) is 12.3. The van der Waals surface area contributed by atoms with Gasteiger partial charge in [0.1, 0.15) is 16.6 Å². The Morgan fingerprint density at radius 1 is 1.39 bits per heavy atom. The summed E-state index contributed by atoms with van der Waals surface area (Å²) in [6.45, 7) is 0. The molecule has 1 unspecified atom stereocenters. The maximum Gasteiger partial charge on any atom is 0.358 e. The second-order valence-electron chi connectivity index (χ2n) is 3.42. The van der Waals surface area contributed by atoms with E-state index in [4.69, 9.17) is 9.52 Å². The van der Waals surface area contributed by atoms with E-state index in [2.05, 4.69) is 4.98 Å². The fraction of sp³-hybridized carbons (Fsp3) is 0.0909. The summed E-state index contributed by atoms with van der Waals surface area (Å²) in [6.07, 6.45) is 1.33. The minimum absolute atomic E-state index is 0.0345. The molecule has 0 bridgehead atoms. The molecule has 0 aliphatic carbocycles. The van der Waals surface area contributed by atoms with Crippen molar-refractivity contribution in [1.29, 1.82) is 0 Å². The van der Waals surface area contributed by atoms with Crippen LogP contribution in [0.4, 0.5) is 4.39 Å². The number of carboxylic acid groups (broad SMARTS) is 1. The molecule has 0 aliphatic rings. The molecule has 1 N–H and O–H groups in total. The molecule has 0 radical (unpaired) electrons. The Labute approximate surface area is 104 Å². The van der Waals surface area contributed by atoms with E-state index in [1.807, 2.05) is 0 Å². The summed E-state index contributed by atoms with van der Waals surface area (Å²) in [5.41, 5.74) is 0.0183. The van der Waals surface area contributed by atoms with Crippen LogP contribution in [0.3, 0.4) is 0 Å². The number of benzene rings is 1. The quantitative estimate of drug-likeness (QED) is 0.920. The number of rotatable bonds is 3. The third-order valence-electron chi connectivity index (χ3n) is 2.16. The average Bonchev–Trinajstić information content (AvgIpc) is 2.75. The van der Waals surface area contributed by atoms with E-state index in [1.54, 1.807) is 0 Å². The largest absolute Gasteiger partial charge is 0.476 e. The van der Waals surface area contributed by atoms with Gasteiger partial charge in [-0.3, -0.25) is 0 Å². The topological polar surface area (TPSA) is 80.4 Å². The third kappa shape index (κ3) is 2.30. The van der Waals surface area contributed by atoms with Gasteiger partial charge in [0.05, 0.1) is 0 Å². The smallest absolute Gasteiger partial charge is 0.358 e. The highest BCUT2D eigenvalue weighted by Crippen LogP contribution is 2.26. The Morgan fingerprint density at radius 3 is 2.50 bits per heavy atom. The van der Waals surface area contributed by atoms with Gasteiger partial charge in [0.2, 0.25) is 0 Å². The zero-order valence-electron chi connectivity index (χ0n) is 9.21. The van der Waals surface area contributed by atoms with Gasteiger partial charge >= 0.3 is 5.97 Å². The molecule has 2 aromatic rings. The highest BCUT2D eigenvalue weighted by atomic mass is 32.2. The van der Waals surface area contributed by atoms with Crippen LogP contribution in [0.1, 0.15) is 10.5 Å². The van der Waals surface area contributed by atoms with Gasteiger partial charge in [-0.1, -0.05) is 0 Å². The number of aromatic carboxylic acids is 1. The molecule has 0 spiro atoms. The summed E-state index contributed by atoms with van der Waals surface area (Å²) in [5, 5.41) is 8.81. The maximum atomic E-state index is 12.8. The van der Waals surface area contributed by atoms with Crippen LogP contribution in [0.15, 0.2) is 33.9 Å². The van der Waals surface area contributed by atoms with Crippen LogP contribution >= 0.6 is 0 Å². The predicted molar refractivity (Wildman–Crippen MR) is 61.2 cm³/mol. The number of carboxylic acids is 1. The number of nitrogens with zero attached hydrogens (tertiary/aromatic N) is 1. The Kier molecular flexibility index (Phi) is 3.24. The standard InChI is InChI=1S/C11H8FNO4S/c1-18(16)11-13-8(10(14)15)9(17-11)6-2-4-7(12)5-3-6/h2-5H,1H3,(H,14,15). The lowest BCUT2D eigenvalue weighted by atomic mass is 10.1. The van der Waals surface area contributed by atoms with Crippen molar-refractivity contribution in [2.45, 2.75) is 5.22 Å². The van der Waals surface area contributed by atoms with Gasteiger partial charge in [0.15, 0.2) is 11.5 Å². The molecule has 1 aromatic carbocycles. The van der Waals surface area contributed by atoms with Crippen molar-refractivity contribution in [1.82, 2.24) is 4.98 Å². The fourth-order valence-electron chi connectivity index (χ4n) is 1.37. The molecule has 5 nitrogen and oxygen atoms in total. The van der Waals surface area contributed by atoms with Crippen molar-refractivity contribution < 1.29 is 22.9 Å². The first-order valence-corrected chi connectivity index (χ1v) is 6.38. The van der Waals surface area contributed by atoms with E-state index in [0.717, 1.165) is 0 Å². The van der Waals surface area contributed by atoms with Gasteiger partial charge in [-0.2, -0.15) is 4.98 Å². The first kappa shape index (κ1) is 12.4. The van der Waals surface area contributed by atoms with Gasteiger partial charge < -0.3 is 9.52 Å². The van der Waals surface area contributed by atoms with E-state index in [1.165, 1.54) is 30.5 Å². The molecule has 7 heteroatoms. The third-order valence-corrected chi connectivity index (χ3v) is 2.83. The van der Waals surface area contributed by atoms with Crippen LogP contribution in [0.5, 0.6) is 0 Å². The first-order chi connectivity index (χ1) is 8.49. The zero-order chi connectivity index (χ0) is 13.3. The Morgan fingerprint density at radius 2 is 2.00 bits per heavy atom. The lowest BCUT2D eigenvalue weighted by molar-refractivity contribution is 0.0691. The van der Waals surface area contributed by atoms with Crippen LogP contribution in [0, 0.1) is 5.82 Å². The Bertz CT molecular complexity index is 620. The fourth-order valence-corrected chi connectivity index (χ4v) is 1.79. The van der Waals surface area contributed by atoms with Gasteiger partial charge in [-0.15, -0.1) is 0 Å². The average molecular weight is 269 g/mol. The Balaban J connectivity index is 2.58. The maximum absolute atomic E-state index is 12.8. The van der Waals surface area contributed by atoms with Crippen molar-refractivity contribution in [3.05, 3.63) is 35.8 Å². The second kappa shape index (κ2) is 4.69. The van der Waals surface area contributed by atoms with E-state index in [-0.39, 0.29) is 16.7 Å². The number of aromatic nitrogens is 1. The minimum Gasteiger partial charge on any atom is -0.476 e. The highest BCUT2D eigenvalue weighted by molar-refractivity contribution is 7.84. The van der Waals surface area contributed by atoms with Gasteiger partial charge in [0, 0.05) is 11.8 Å². The molecular formula is C11H8FNO4S. The number of oxazole rings is 1. The molecule has 94 valence electrons. The molecular weight excluding hydrogens is 261 g/mol. The van der Waals surface area contributed by atoms with Crippen LogP contribution < -0.4 is 0 Å². The molecule has 2 rings (SSSR count). The summed E-state index contributed by atoms with van der Waals surface area (Å²) < 4.78 is 29.2. The van der Waals surface area contributed by atoms with Crippen molar-refractivity contribution in [2.75, 3.05) is 6.26 Å². The molecule has 0 saturated carbocycles. The molecule has 0 amide bonds. The van der Waals surface area contributed by atoms with E-state index in [9.17, 15) is 13.4 Å². The van der Waals surface area contributed by atoms with Crippen LogP contribution in [0.2, 0.25) is 0 Å². The Hall–Kier alpha value is -2.02. The lowest BCUT2D eigenvalue weighted by Gasteiger charge is -1.97. The van der Waals surface area contributed by atoms with Crippen LogP contribution in [-0.4, -0.2) is 26.5 Å². The van der Waals surface area contributed by atoms with Crippen molar-refractivity contribution in [3.63, 3.8) is 0 Å². The van der Waals surface area contributed by atoms with Gasteiger partial charge in [-0.05, 0) is 24.3 Å². The number of halogens is 1. The van der Waals surface area contributed by atoms with E-state index >= 15 is 0 Å². The summed E-state index contributed by atoms with van der Waals surface area (Å²) >= 11 is 0. The SMILES string of the molecule is CS(=O)c1nc(C(=O)O)c(-c2ccc(F)cc2)o1. The highest BCUT2D eigenvalue weighted by Gasteiger charge is 2.22. The predicted octanol–water partition coefficient (Wildman–Crippen LogP) is 1.92. The molecule has 1 aromatic heterocycles. The van der Waals surface area contributed by atoms with Crippen molar-refractivity contribution in [3.8, 4) is 11.3 Å². The van der Waals surface area contributed by atoms with Gasteiger partial charge in [-0.25, -0.2) is 13.4 Å². The van der Waals surface area contributed by atoms with Crippen molar-refractivity contribution in [2.24, 2.45) is 0 Å². The first-order valence-electron chi connectivity index (χ1n) is 4.82. The number of carbonyl (C=O) groups is 1. The van der Waals surface area contributed by atoms with Gasteiger partial charge in [0.25, 0.3) is 5.22 Å². The number of hydrogen-bond acceptors (Lipinski definition) is 4. The summed E-state index contributed by atoms with van der Waals surface area (Å²) in [4.78, 5) is 14.7. The summed E-state index contributed by atoms with van der Waals surface area (Å²) in [5.74, 6) is -1.78.